The number of piperidine rings is 1. The Hall–Kier alpha value is -1.72. The van der Waals surface area contributed by atoms with E-state index < -0.39 is 6.10 Å². The van der Waals surface area contributed by atoms with E-state index in [-0.39, 0.29) is 19.3 Å². The first-order chi connectivity index (χ1) is 13.7. The molecule has 0 amide bonds. The number of aliphatic hydroxyl groups excluding tert-OH is 2. The SMILES string of the molecule is Cc1ccccc1[C@@H](OC[C@@H](O)CN1CCCC[C@@H]1CCO)c1ccccc1. The van der Waals surface area contributed by atoms with Crippen LogP contribution < -0.4 is 0 Å². The van der Waals surface area contributed by atoms with Crippen LogP contribution >= 0.6 is 0 Å². The predicted molar refractivity (Wildman–Crippen MR) is 112 cm³/mol. The third-order valence-electron chi connectivity index (χ3n) is 5.69. The first-order valence-electron chi connectivity index (χ1n) is 10.4. The Morgan fingerprint density at radius 2 is 1.82 bits per heavy atom. The van der Waals surface area contributed by atoms with Gasteiger partial charge in [0.1, 0.15) is 6.10 Å². The third-order valence-corrected chi connectivity index (χ3v) is 5.69. The van der Waals surface area contributed by atoms with Gasteiger partial charge < -0.3 is 14.9 Å². The molecule has 152 valence electrons. The zero-order valence-corrected chi connectivity index (χ0v) is 16.8. The van der Waals surface area contributed by atoms with Crippen molar-refractivity contribution >= 4 is 0 Å². The fourth-order valence-corrected chi connectivity index (χ4v) is 4.18. The van der Waals surface area contributed by atoms with Crippen molar-refractivity contribution in [2.45, 2.75) is 50.9 Å². The van der Waals surface area contributed by atoms with E-state index in [0.717, 1.165) is 36.9 Å². The Kier molecular flexibility index (Phi) is 8.04. The van der Waals surface area contributed by atoms with Crippen LogP contribution in [-0.2, 0) is 4.74 Å². The first-order valence-corrected chi connectivity index (χ1v) is 10.4. The van der Waals surface area contributed by atoms with Gasteiger partial charge >= 0.3 is 0 Å². The molecular formula is C24H33NO3. The number of rotatable bonds is 9. The van der Waals surface area contributed by atoms with Crippen LogP contribution in [0.15, 0.2) is 54.6 Å². The monoisotopic (exact) mass is 383 g/mol. The van der Waals surface area contributed by atoms with Gasteiger partial charge in [-0.25, -0.2) is 0 Å². The molecule has 0 bridgehead atoms. The van der Waals surface area contributed by atoms with Crippen molar-refractivity contribution in [3.8, 4) is 0 Å². The van der Waals surface area contributed by atoms with E-state index >= 15 is 0 Å². The van der Waals surface area contributed by atoms with E-state index in [0.29, 0.717) is 12.6 Å². The van der Waals surface area contributed by atoms with Crippen LogP contribution in [0.2, 0.25) is 0 Å². The zero-order valence-electron chi connectivity index (χ0n) is 16.8. The molecule has 1 fully saturated rings. The molecule has 3 atom stereocenters. The second-order valence-corrected chi connectivity index (χ2v) is 7.79. The van der Waals surface area contributed by atoms with Gasteiger partial charge in [-0.15, -0.1) is 0 Å². The van der Waals surface area contributed by atoms with Gasteiger partial charge in [-0.3, -0.25) is 4.90 Å². The van der Waals surface area contributed by atoms with Gasteiger partial charge in [0.25, 0.3) is 0 Å². The lowest BCUT2D eigenvalue weighted by Gasteiger charge is -2.36. The van der Waals surface area contributed by atoms with Crippen LogP contribution in [-0.4, -0.2) is 53.6 Å². The van der Waals surface area contributed by atoms with E-state index in [9.17, 15) is 10.2 Å². The van der Waals surface area contributed by atoms with Gasteiger partial charge in [0, 0.05) is 19.2 Å². The molecule has 28 heavy (non-hydrogen) atoms. The summed E-state index contributed by atoms with van der Waals surface area (Å²) in [6.45, 7) is 4.17. The Morgan fingerprint density at radius 3 is 2.57 bits per heavy atom. The van der Waals surface area contributed by atoms with Crippen LogP contribution in [0.5, 0.6) is 0 Å². The topological polar surface area (TPSA) is 52.9 Å². The summed E-state index contributed by atoms with van der Waals surface area (Å²) in [5.74, 6) is 0. The van der Waals surface area contributed by atoms with E-state index in [1.165, 1.54) is 12.0 Å². The molecule has 0 radical (unpaired) electrons. The maximum Gasteiger partial charge on any atom is 0.108 e. The number of hydrogen-bond acceptors (Lipinski definition) is 4. The van der Waals surface area contributed by atoms with E-state index in [1.807, 2.05) is 30.3 Å². The minimum atomic E-state index is -0.547. The molecule has 0 spiro atoms. The average molecular weight is 384 g/mol. The third kappa shape index (κ3) is 5.65. The summed E-state index contributed by atoms with van der Waals surface area (Å²) in [4.78, 5) is 2.32. The van der Waals surface area contributed by atoms with Crippen molar-refractivity contribution in [3.63, 3.8) is 0 Å². The Morgan fingerprint density at radius 1 is 1.07 bits per heavy atom. The zero-order chi connectivity index (χ0) is 19.8. The van der Waals surface area contributed by atoms with E-state index in [2.05, 4.69) is 36.1 Å². The highest BCUT2D eigenvalue weighted by molar-refractivity contribution is 5.35. The van der Waals surface area contributed by atoms with Crippen molar-refractivity contribution in [2.24, 2.45) is 0 Å². The fraction of sp³-hybridized carbons (Fsp3) is 0.500. The lowest BCUT2D eigenvalue weighted by atomic mass is 9.97. The molecule has 0 unspecified atom stereocenters. The Balaban J connectivity index is 1.65. The summed E-state index contributed by atoms with van der Waals surface area (Å²) in [5.41, 5.74) is 3.42. The van der Waals surface area contributed by atoms with Crippen molar-refractivity contribution in [2.75, 3.05) is 26.3 Å². The predicted octanol–water partition coefficient (Wildman–Crippen LogP) is 3.70. The number of likely N-dealkylation sites (tertiary alicyclic amines) is 1. The number of aryl methyl sites for hydroxylation is 1. The lowest BCUT2D eigenvalue weighted by molar-refractivity contribution is -0.0205. The summed E-state index contributed by atoms with van der Waals surface area (Å²) in [6.07, 6.45) is 3.51. The van der Waals surface area contributed by atoms with Gasteiger partial charge in [0.05, 0.1) is 12.7 Å². The van der Waals surface area contributed by atoms with Crippen molar-refractivity contribution < 1.29 is 14.9 Å². The summed E-state index contributed by atoms with van der Waals surface area (Å²) in [6, 6.07) is 18.8. The van der Waals surface area contributed by atoms with Crippen LogP contribution in [0.3, 0.4) is 0 Å². The molecule has 4 nitrogen and oxygen atoms in total. The Labute approximate surface area is 168 Å². The molecule has 1 aliphatic heterocycles. The van der Waals surface area contributed by atoms with E-state index in [4.69, 9.17) is 4.74 Å². The summed E-state index contributed by atoms with van der Waals surface area (Å²) >= 11 is 0. The maximum absolute atomic E-state index is 10.7. The lowest BCUT2D eigenvalue weighted by Crippen LogP contribution is -2.45. The van der Waals surface area contributed by atoms with Gasteiger partial charge in [0.15, 0.2) is 0 Å². The molecule has 3 rings (SSSR count). The Bertz CT molecular complexity index is 704. The molecule has 2 aromatic rings. The minimum Gasteiger partial charge on any atom is -0.396 e. The van der Waals surface area contributed by atoms with Crippen molar-refractivity contribution in [1.82, 2.24) is 4.90 Å². The van der Waals surface area contributed by atoms with Crippen LogP contribution in [0.1, 0.15) is 48.5 Å². The number of hydrogen-bond donors (Lipinski definition) is 2. The van der Waals surface area contributed by atoms with Crippen LogP contribution in [0, 0.1) is 6.92 Å². The summed E-state index contributed by atoms with van der Waals surface area (Å²) in [7, 11) is 0. The standard InChI is InChI=1S/C24H33NO3/c1-19-9-5-6-13-23(19)24(20-10-3-2-4-11-20)28-18-22(27)17-25-15-8-7-12-21(25)14-16-26/h2-6,9-11,13,21-22,24,26-27H,7-8,12,14-18H2,1H3/t21-,22+,24+/m1/s1. The smallest absolute Gasteiger partial charge is 0.108 e. The van der Waals surface area contributed by atoms with Gasteiger partial charge in [0.2, 0.25) is 0 Å². The molecule has 1 heterocycles. The molecule has 2 aromatic carbocycles. The number of nitrogens with zero attached hydrogens (tertiary/aromatic N) is 1. The molecule has 0 aliphatic carbocycles. The van der Waals surface area contributed by atoms with Crippen LogP contribution in [0.25, 0.3) is 0 Å². The van der Waals surface area contributed by atoms with Crippen molar-refractivity contribution in [3.05, 3.63) is 71.3 Å². The molecule has 0 saturated carbocycles. The summed E-state index contributed by atoms with van der Waals surface area (Å²) in [5, 5.41) is 20.0. The van der Waals surface area contributed by atoms with Gasteiger partial charge in [-0.2, -0.15) is 0 Å². The minimum absolute atomic E-state index is 0.188. The molecule has 2 N–H and O–H groups in total. The van der Waals surface area contributed by atoms with E-state index in [1.54, 1.807) is 0 Å². The van der Waals surface area contributed by atoms with Gasteiger partial charge in [-0.1, -0.05) is 61.0 Å². The highest BCUT2D eigenvalue weighted by atomic mass is 16.5. The van der Waals surface area contributed by atoms with Crippen molar-refractivity contribution in [1.29, 1.82) is 0 Å². The fourth-order valence-electron chi connectivity index (χ4n) is 4.18. The van der Waals surface area contributed by atoms with Crippen LogP contribution in [0.4, 0.5) is 0 Å². The molecule has 0 aromatic heterocycles. The first kappa shape index (κ1) is 21.0. The quantitative estimate of drug-likeness (QED) is 0.693. The number of benzene rings is 2. The number of aliphatic hydroxyl groups is 2. The molecule has 1 aliphatic rings. The second-order valence-electron chi connectivity index (χ2n) is 7.79. The largest absolute Gasteiger partial charge is 0.396 e. The second kappa shape index (κ2) is 10.7. The normalized spacial score (nSPS) is 20.0. The highest BCUT2D eigenvalue weighted by Gasteiger charge is 2.25. The number of β-amino-alcohol motifs (C(OH)–C–C–N with tert-alkyl or cyclic N) is 1. The maximum atomic E-state index is 10.7. The molecular weight excluding hydrogens is 350 g/mol. The number of ether oxygens (including phenoxy) is 1. The highest BCUT2D eigenvalue weighted by Crippen LogP contribution is 2.28. The van der Waals surface area contributed by atoms with Gasteiger partial charge in [-0.05, 0) is 49.4 Å². The summed E-state index contributed by atoms with van der Waals surface area (Å²) < 4.78 is 6.27. The molecule has 1 saturated heterocycles. The molecule has 4 heteroatoms. The average Bonchev–Trinajstić information content (AvgIpc) is 2.72.